The fourth-order valence-electron chi connectivity index (χ4n) is 3.66. The Morgan fingerprint density at radius 2 is 1.80 bits per heavy atom. The van der Waals surface area contributed by atoms with E-state index in [4.69, 9.17) is 0 Å². The highest BCUT2D eigenvalue weighted by atomic mass is 16.2. The monoisotopic (exact) mass is 344 g/mol. The summed E-state index contributed by atoms with van der Waals surface area (Å²) in [7, 11) is 0. The molecule has 1 saturated carbocycles. The molecule has 4 nitrogen and oxygen atoms in total. The van der Waals surface area contributed by atoms with Gasteiger partial charge in [-0.3, -0.25) is 9.59 Å². The van der Waals surface area contributed by atoms with E-state index in [1.54, 1.807) is 0 Å². The minimum absolute atomic E-state index is 0.0351. The Balaban J connectivity index is 1.72. The number of hydrogen-bond acceptors (Lipinski definition) is 2. The number of aryl methyl sites for hydroxylation is 1. The average Bonchev–Trinajstić information content (AvgIpc) is 2.65. The second kappa shape index (κ2) is 10.2. The predicted octanol–water partition coefficient (Wildman–Crippen LogP) is 4.30. The average molecular weight is 344 g/mol. The number of anilines is 1. The van der Waals surface area contributed by atoms with Gasteiger partial charge in [0.25, 0.3) is 0 Å². The molecule has 1 aliphatic carbocycles. The van der Waals surface area contributed by atoms with Crippen LogP contribution in [-0.2, 0) is 16.0 Å². The summed E-state index contributed by atoms with van der Waals surface area (Å²) in [6.07, 6.45) is 8.91. The third kappa shape index (κ3) is 6.18. The lowest BCUT2D eigenvalue weighted by molar-refractivity contribution is -0.128. The van der Waals surface area contributed by atoms with Crippen LogP contribution in [0.1, 0.15) is 64.4 Å². The lowest BCUT2D eigenvalue weighted by atomic mass is 9.79. The van der Waals surface area contributed by atoms with Crippen molar-refractivity contribution in [3.63, 3.8) is 0 Å². The first-order valence-electron chi connectivity index (χ1n) is 9.79. The normalized spacial score (nSPS) is 20.1. The third-order valence-corrected chi connectivity index (χ3v) is 5.28. The Labute approximate surface area is 151 Å². The van der Waals surface area contributed by atoms with E-state index in [-0.39, 0.29) is 24.3 Å². The molecule has 1 aromatic carbocycles. The van der Waals surface area contributed by atoms with Crippen LogP contribution in [0.25, 0.3) is 0 Å². The molecule has 1 aromatic rings. The minimum Gasteiger partial charge on any atom is -0.347 e. The summed E-state index contributed by atoms with van der Waals surface area (Å²) in [5.41, 5.74) is 1.94. The van der Waals surface area contributed by atoms with Gasteiger partial charge in [0.1, 0.15) is 0 Å². The largest absolute Gasteiger partial charge is 0.347 e. The molecule has 1 aliphatic rings. The highest BCUT2D eigenvalue weighted by Gasteiger charge is 2.26. The molecule has 0 bridgehead atoms. The van der Waals surface area contributed by atoms with E-state index in [1.807, 2.05) is 24.3 Å². The summed E-state index contributed by atoms with van der Waals surface area (Å²) in [5, 5.41) is 5.71. The van der Waals surface area contributed by atoms with Gasteiger partial charge in [0.2, 0.25) is 11.8 Å². The number of benzene rings is 1. The molecular weight excluding hydrogens is 312 g/mol. The minimum atomic E-state index is -0.161. The van der Waals surface area contributed by atoms with Crippen LogP contribution in [0.4, 0.5) is 5.69 Å². The zero-order valence-corrected chi connectivity index (χ0v) is 15.6. The smallest absolute Gasteiger partial charge is 0.243 e. The van der Waals surface area contributed by atoms with E-state index in [0.29, 0.717) is 0 Å². The molecular formula is C21H32N2O2. The van der Waals surface area contributed by atoms with Gasteiger partial charge in [0.15, 0.2) is 0 Å². The van der Waals surface area contributed by atoms with Crippen molar-refractivity contribution >= 4 is 17.5 Å². The highest BCUT2D eigenvalue weighted by molar-refractivity contribution is 5.95. The van der Waals surface area contributed by atoms with Crippen molar-refractivity contribution in [2.24, 2.45) is 11.8 Å². The number of unbranched alkanes of at least 4 members (excludes halogenated alkanes) is 1. The van der Waals surface area contributed by atoms with Gasteiger partial charge in [0.05, 0.1) is 6.54 Å². The summed E-state index contributed by atoms with van der Waals surface area (Å²) < 4.78 is 0. The Morgan fingerprint density at radius 1 is 1.08 bits per heavy atom. The fourth-order valence-corrected chi connectivity index (χ4v) is 3.66. The Bertz CT molecular complexity index is 563. The zero-order chi connectivity index (χ0) is 18.1. The molecule has 2 amide bonds. The molecule has 0 radical (unpaired) electrons. The summed E-state index contributed by atoms with van der Waals surface area (Å²) >= 11 is 0. The first kappa shape index (κ1) is 19.5. The van der Waals surface area contributed by atoms with Gasteiger partial charge in [-0.15, -0.1) is 0 Å². The van der Waals surface area contributed by atoms with Gasteiger partial charge < -0.3 is 10.6 Å². The number of para-hydroxylation sites is 1. The van der Waals surface area contributed by atoms with Gasteiger partial charge in [-0.25, -0.2) is 0 Å². The first-order valence-corrected chi connectivity index (χ1v) is 9.79. The van der Waals surface area contributed by atoms with Crippen LogP contribution in [0, 0.1) is 11.8 Å². The number of hydrogen-bond donors (Lipinski definition) is 2. The van der Waals surface area contributed by atoms with Gasteiger partial charge in [0, 0.05) is 11.6 Å². The predicted molar refractivity (Wildman–Crippen MR) is 102 cm³/mol. The van der Waals surface area contributed by atoms with Crippen LogP contribution >= 0.6 is 0 Å². The zero-order valence-electron chi connectivity index (χ0n) is 15.6. The number of carbonyl (C=O) groups excluding carboxylic acids is 2. The molecule has 138 valence electrons. The topological polar surface area (TPSA) is 58.2 Å². The van der Waals surface area contributed by atoms with E-state index < -0.39 is 0 Å². The third-order valence-electron chi connectivity index (χ3n) is 5.28. The van der Waals surface area contributed by atoms with Crippen molar-refractivity contribution in [3.8, 4) is 0 Å². The molecule has 0 spiro atoms. The van der Waals surface area contributed by atoms with Crippen molar-refractivity contribution in [2.45, 2.75) is 65.2 Å². The number of carbonyl (C=O) groups is 2. The van der Waals surface area contributed by atoms with Gasteiger partial charge in [-0.1, -0.05) is 51.3 Å². The molecule has 0 heterocycles. The van der Waals surface area contributed by atoms with E-state index >= 15 is 0 Å². The molecule has 0 saturated heterocycles. The molecule has 1 fully saturated rings. The number of rotatable bonds is 8. The van der Waals surface area contributed by atoms with E-state index in [9.17, 15) is 9.59 Å². The second-order valence-electron chi connectivity index (χ2n) is 7.14. The maximum absolute atomic E-state index is 12.3. The summed E-state index contributed by atoms with van der Waals surface area (Å²) in [4.78, 5) is 24.4. The summed E-state index contributed by atoms with van der Waals surface area (Å²) in [6, 6.07) is 7.78. The highest BCUT2D eigenvalue weighted by Crippen LogP contribution is 2.31. The Kier molecular flexibility index (Phi) is 7.96. The quantitative estimate of drug-likeness (QED) is 0.738. The summed E-state index contributed by atoms with van der Waals surface area (Å²) in [5.74, 6) is 0.741. The molecule has 25 heavy (non-hydrogen) atoms. The first-order chi connectivity index (χ1) is 12.1. The van der Waals surface area contributed by atoms with Gasteiger partial charge in [-0.05, 0) is 49.7 Å². The Hall–Kier alpha value is -1.84. The maximum Gasteiger partial charge on any atom is 0.243 e. The molecule has 0 aliphatic heterocycles. The van der Waals surface area contributed by atoms with E-state index in [1.165, 1.54) is 19.3 Å². The fraction of sp³-hybridized carbons (Fsp3) is 0.619. The van der Waals surface area contributed by atoms with Gasteiger partial charge in [-0.2, -0.15) is 0 Å². The SMILES string of the molecule is CCCCC1CCC(C(=O)NCC(=O)Nc2ccccc2CC)CC1. The standard InChI is InChI=1S/C21H32N2O2/c1-3-5-8-16-11-13-18(14-12-16)21(25)22-15-20(24)23-19-10-7-6-9-17(19)4-2/h6-7,9-10,16,18H,3-5,8,11-15H2,1-2H3,(H,22,25)(H,23,24). The van der Waals surface area contributed by atoms with Crippen molar-refractivity contribution in [1.82, 2.24) is 5.32 Å². The summed E-state index contributed by atoms with van der Waals surface area (Å²) in [6.45, 7) is 4.33. The van der Waals surface area contributed by atoms with Crippen molar-refractivity contribution < 1.29 is 9.59 Å². The lowest BCUT2D eigenvalue weighted by Gasteiger charge is -2.27. The molecule has 0 aromatic heterocycles. The van der Waals surface area contributed by atoms with Crippen LogP contribution in [0.2, 0.25) is 0 Å². The van der Waals surface area contributed by atoms with E-state index in [0.717, 1.165) is 49.3 Å². The van der Waals surface area contributed by atoms with Crippen molar-refractivity contribution in [2.75, 3.05) is 11.9 Å². The van der Waals surface area contributed by atoms with Crippen molar-refractivity contribution in [3.05, 3.63) is 29.8 Å². The molecule has 2 rings (SSSR count). The van der Waals surface area contributed by atoms with Crippen LogP contribution in [0.15, 0.2) is 24.3 Å². The number of amides is 2. The maximum atomic E-state index is 12.3. The second-order valence-corrected chi connectivity index (χ2v) is 7.14. The van der Waals surface area contributed by atoms with Crippen LogP contribution in [-0.4, -0.2) is 18.4 Å². The number of nitrogens with one attached hydrogen (secondary N) is 2. The lowest BCUT2D eigenvalue weighted by Crippen LogP contribution is -2.38. The van der Waals surface area contributed by atoms with Crippen molar-refractivity contribution in [1.29, 1.82) is 0 Å². The molecule has 4 heteroatoms. The van der Waals surface area contributed by atoms with Crippen LogP contribution in [0.5, 0.6) is 0 Å². The van der Waals surface area contributed by atoms with Crippen LogP contribution in [0.3, 0.4) is 0 Å². The molecule has 2 N–H and O–H groups in total. The van der Waals surface area contributed by atoms with Crippen LogP contribution < -0.4 is 10.6 Å². The van der Waals surface area contributed by atoms with Gasteiger partial charge >= 0.3 is 0 Å². The van der Waals surface area contributed by atoms with E-state index in [2.05, 4.69) is 24.5 Å². The molecule has 0 atom stereocenters. The Morgan fingerprint density at radius 3 is 2.48 bits per heavy atom. The molecule has 0 unspecified atom stereocenters.